The molecule has 0 radical (unpaired) electrons. The number of thioether (sulfide) groups is 1. The summed E-state index contributed by atoms with van der Waals surface area (Å²) in [6.07, 6.45) is 4.74. The monoisotopic (exact) mass is 355 g/mol. The summed E-state index contributed by atoms with van der Waals surface area (Å²) in [5, 5.41) is 3.72. The molecule has 110 valence electrons. The van der Waals surface area contributed by atoms with Crippen molar-refractivity contribution in [2.24, 2.45) is 0 Å². The quantitative estimate of drug-likeness (QED) is 0.859. The van der Waals surface area contributed by atoms with Crippen molar-refractivity contribution in [2.75, 3.05) is 18.1 Å². The van der Waals surface area contributed by atoms with Crippen molar-refractivity contribution in [3.63, 3.8) is 0 Å². The van der Waals surface area contributed by atoms with Crippen LogP contribution in [0.15, 0.2) is 22.7 Å². The van der Waals surface area contributed by atoms with Gasteiger partial charge in [0.05, 0.1) is 0 Å². The van der Waals surface area contributed by atoms with E-state index in [1.165, 1.54) is 30.6 Å². The van der Waals surface area contributed by atoms with Gasteiger partial charge in [0.25, 0.3) is 0 Å². The van der Waals surface area contributed by atoms with Crippen LogP contribution in [0.1, 0.15) is 44.2 Å². The molecule has 2 aliphatic rings. The molecule has 0 amide bonds. The van der Waals surface area contributed by atoms with Crippen LogP contribution in [0.3, 0.4) is 0 Å². The summed E-state index contributed by atoms with van der Waals surface area (Å²) in [7, 11) is 0. The minimum absolute atomic E-state index is 0.0507. The molecule has 0 aromatic heterocycles. The molecule has 20 heavy (non-hydrogen) atoms. The van der Waals surface area contributed by atoms with Gasteiger partial charge in [-0.05, 0) is 49.8 Å². The molecule has 2 aliphatic heterocycles. The Balaban J connectivity index is 1.90. The fourth-order valence-electron chi connectivity index (χ4n) is 3.21. The van der Waals surface area contributed by atoms with Crippen molar-refractivity contribution in [1.29, 1.82) is 0 Å². The van der Waals surface area contributed by atoms with E-state index in [4.69, 9.17) is 4.74 Å². The lowest BCUT2D eigenvalue weighted by Gasteiger charge is -2.44. The average molecular weight is 356 g/mol. The molecule has 4 heteroatoms. The van der Waals surface area contributed by atoms with E-state index in [2.05, 4.69) is 46.4 Å². The van der Waals surface area contributed by atoms with E-state index in [-0.39, 0.29) is 5.60 Å². The van der Waals surface area contributed by atoms with E-state index < -0.39 is 0 Å². The van der Waals surface area contributed by atoms with Crippen LogP contribution in [-0.4, -0.2) is 23.7 Å². The Morgan fingerprint density at radius 1 is 1.50 bits per heavy atom. The van der Waals surface area contributed by atoms with Gasteiger partial charge in [-0.3, -0.25) is 0 Å². The van der Waals surface area contributed by atoms with Crippen LogP contribution in [0.4, 0.5) is 0 Å². The van der Waals surface area contributed by atoms with Crippen LogP contribution in [0.25, 0.3) is 0 Å². The van der Waals surface area contributed by atoms with Crippen LogP contribution < -0.4 is 10.1 Å². The first-order valence-corrected chi connectivity index (χ1v) is 9.47. The average Bonchev–Trinajstić information content (AvgIpc) is 2.46. The topological polar surface area (TPSA) is 21.3 Å². The lowest BCUT2D eigenvalue weighted by Crippen LogP contribution is -2.47. The zero-order valence-corrected chi connectivity index (χ0v) is 14.4. The number of fused-ring (bicyclic) bond motifs is 1. The summed E-state index contributed by atoms with van der Waals surface area (Å²) in [6, 6.07) is 6.85. The van der Waals surface area contributed by atoms with Crippen molar-refractivity contribution in [2.45, 2.75) is 44.2 Å². The molecule has 1 aromatic rings. The van der Waals surface area contributed by atoms with Crippen molar-refractivity contribution >= 4 is 27.7 Å². The molecule has 3 rings (SSSR count). The van der Waals surface area contributed by atoms with E-state index in [0.29, 0.717) is 6.04 Å². The highest BCUT2D eigenvalue weighted by molar-refractivity contribution is 9.10. The van der Waals surface area contributed by atoms with E-state index in [0.717, 1.165) is 28.9 Å². The number of hydrogen-bond acceptors (Lipinski definition) is 3. The van der Waals surface area contributed by atoms with Gasteiger partial charge >= 0.3 is 0 Å². The molecule has 2 nitrogen and oxygen atoms in total. The van der Waals surface area contributed by atoms with E-state index in [1.807, 2.05) is 11.8 Å². The van der Waals surface area contributed by atoms with Gasteiger partial charge in [-0.2, -0.15) is 11.8 Å². The zero-order valence-electron chi connectivity index (χ0n) is 12.0. The minimum Gasteiger partial charge on any atom is -0.486 e. The molecule has 0 saturated carbocycles. The Kier molecular flexibility index (Phi) is 4.63. The SMILES string of the molecule is CCCNC1CC2(CCCSC2)Oc2ccc(Br)cc21. The van der Waals surface area contributed by atoms with E-state index >= 15 is 0 Å². The van der Waals surface area contributed by atoms with Crippen LogP contribution in [0.5, 0.6) is 5.75 Å². The molecule has 1 N–H and O–H groups in total. The summed E-state index contributed by atoms with van der Waals surface area (Å²) < 4.78 is 7.58. The zero-order chi connectivity index (χ0) is 14.0. The Hall–Kier alpha value is -0.190. The maximum Gasteiger partial charge on any atom is 0.125 e. The second-order valence-corrected chi connectivity index (χ2v) is 7.86. The number of rotatable bonds is 3. The van der Waals surface area contributed by atoms with Gasteiger partial charge in [-0.1, -0.05) is 22.9 Å². The van der Waals surface area contributed by atoms with Crippen molar-refractivity contribution in [3.05, 3.63) is 28.2 Å². The second-order valence-electron chi connectivity index (χ2n) is 5.83. The summed E-state index contributed by atoms with van der Waals surface area (Å²) in [4.78, 5) is 0. The Morgan fingerprint density at radius 2 is 2.40 bits per heavy atom. The highest BCUT2D eigenvalue weighted by Gasteiger charge is 2.41. The third-order valence-corrected chi connectivity index (χ3v) is 5.98. The Bertz CT molecular complexity index is 474. The fourth-order valence-corrected chi connectivity index (χ4v) is 4.78. The fraction of sp³-hybridized carbons (Fsp3) is 0.625. The molecular formula is C16H22BrNOS. The summed E-state index contributed by atoms with van der Waals surface area (Å²) in [5.41, 5.74) is 1.36. The predicted octanol–water partition coefficient (Wildman–Crippen LogP) is 4.54. The third-order valence-electron chi connectivity index (χ3n) is 4.18. The van der Waals surface area contributed by atoms with Crippen molar-refractivity contribution < 1.29 is 4.74 Å². The van der Waals surface area contributed by atoms with Crippen molar-refractivity contribution in [3.8, 4) is 5.75 Å². The predicted molar refractivity (Wildman–Crippen MR) is 89.7 cm³/mol. The Morgan fingerprint density at radius 3 is 3.15 bits per heavy atom. The van der Waals surface area contributed by atoms with Crippen LogP contribution in [0, 0.1) is 0 Å². The standard InChI is InChI=1S/C16H22BrNOS/c1-2-7-18-14-10-16(6-3-8-20-11-16)19-15-5-4-12(17)9-13(14)15/h4-5,9,14,18H,2-3,6-8,10-11H2,1H3. The molecule has 1 fully saturated rings. The smallest absolute Gasteiger partial charge is 0.125 e. The lowest BCUT2D eigenvalue weighted by atomic mass is 9.85. The molecule has 2 unspecified atom stereocenters. The van der Waals surface area contributed by atoms with Gasteiger partial charge in [-0.25, -0.2) is 0 Å². The lowest BCUT2D eigenvalue weighted by molar-refractivity contribution is 0.0413. The Labute approximate surface area is 134 Å². The van der Waals surface area contributed by atoms with E-state index in [9.17, 15) is 0 Å². The minimum atomic E-state index is 0.0507. The van der Waals surface area contributed by atoms with Gasteiger partial charge < -0.3 is 10.1 Å². The van der Waals surface area contributed by atoms with Crippen molar-refractivity contribution in [1.82, 2.24) is 5.32 Å². The van der Waals surface area contributed by atoms with Crippen LogP contribution in [-0.2, 0) is 0 Å². The van der Waals surface area contributed by atoms with Gasteiger partial charge in [0, 0.05) is 28.3 Å². The summed E-state index contributed by atoms with van der Waals surface area (Å²) in [5.74, 6) is 3.49. The number of benzene rings is 1. The van der Waals surface area contributed by atoms with Gasteiger partial charge in [0.15, 0.2) is 0 Å². The molecule has 0 bridgehead atoms. The number of halogens is 1. The second kappa shape index (κ2) is 6.29. The van der Waals surface area contributed by atoms with Gasteiger partial charge in [0.2, 0.25) is 0 Å². The van der Waals surface area contributed by atoms with Gasteiger partial charge in [-0.15, -0.1) is 0 Å². The first kappa shape index (κ1) is 14.7. The third kappa shape index (κ3) is 3.02. The summed E-state index contributed by atoms with van der Waals surface area (Å²) in [6.45, 7) is 3.29. The molecule has 2 atom stereocenters. The molecular weight excluding hydrogens is 334 g/mol. The van der Waals surface area contributed by atoms with Crippen LogP contribution >= 0.6 is 27.7 Å². The molecule has 2 heterocycles. The first-order valence-electron chi connectivity index (χ1n) is 7.52. The largest absolute Gasteiger partial charge is 0.486 e. The highest BCUT2D eigenvalue weighted by Crippen LogP contribution is 2.45. The maximum absolute atomic E-state index is 6.44. The van der Waals surface area contributed by atoms with Gasteiger partial charge in [0.1, 0.15) is 11.4 Å². The molecule has 1 saturated heterocycles. The molecule has 1 spiro atoms. The molecule has 1 aromatic carbocycles. The number of hydrogen-bond donors (Lipinski definition) is 1. The van der Waals surface area contributed by atoms with Crippen LogP contribution in [0.2, 0.25) is 0 Å². The summed E-state index contributed by atoms with van der Waals surface area (Å²) >= 11 is 5.63. The first-order chi connectivity index (χ1) is 9.72. The maximum atomic E-state index is 6.44. The van der Waals surface area contributed by atoms with E-state index in [1.54, 1.807) is 0 Å². The highest BCUT2D eigenvalue weighted by atomic mass is 79.9. The molecule has 0 aliphatic carbocycles. The number of nitrogens with one attached hydrogen (secondary N) is 1. The normalized spacial score (nSPS) is 29.0. The number of ether oxygens (including phenoxy) is 1.